The summed E-state index contributed by atoms with van der Waals surface area (Å²) in [6.45, 7) is 2.44. The number of nitrogens with one attached hydrogen (secondary N) is 1. The van der Waals surface area contributed by atoms with Gasteiger partial charge in [0.2, 0.25) is 11.8 Å². The van der Waals surface area contributed by atoms with E-state index < -0.39 is 0 Å². The number of carbonyl (C=O) groups is 2. The number of fused-ring (bicyclic) bond motifs is 1. The Morgan fingerprint density at radius 3 is 2.59 bits per heavy atom. The number of aromatic nitrogens is 1. The zero-order valence-electron chi connectivity index (χ0n) is 16.1. The third-order valence-corrected chi connectivity index (χ3v) is 4.45. The molecule has 0 spiro atoms. The summed E-state index contributed by atoms with van der Waals surface area (Å²) in [5.41, 5.74) is 2.32. The Bertz CT molecular complexity index is 1030. The Balaban J connectivity index is 1.56. The van der Waals surface area contributed by atoms with Crippen LogP contribution in [0, 0.1) is 5.82 Å². The molecule has 1 N–H and O–H groups in total. The molecule has 1 aromatic heterocycles. The lowest BCUT2D eigenvalue weighted by molar-refractivity contribution is -0.132. The van der Waals surface area contributed by atoms with Crippen LogP contribution in [-0.2, 0) is 16.1 Å². The number of likely N-dealkylation sites (N-methyl/N-ethyl adjacent to an activating group) is 1. The zero-order valence-corrected chi connectivity index (χ0v) is 16.1. The van der Waals surface area contributed by atoms with E-state index in [-0.39, 0.29) is 30.7 Å². The summed E-state index contributed by atoms with van der Waals surface area (Å²) < 4.78 is 12.9. The second-order valence-corrected chi connectivity index (χ2v) is 6.52. The standard InChI is InChI=1S/C23H22FN3O2/c1-2-27(16-22(28)25-15-17-7-10-19(24)11-8-17)23(29)14-13-20-12-9-18-5-3-4-6-21(18)26-20/h3-14H,2,15-16H2,1H3,(H,25,28)/b14-13+. The average Bonchev–Trinajstić information content (AvgIpc) is 2.75. The van der Waals surface area contributed by atoms with Crippen LogP contribution in [0.5, 0.6) is 0 Å². The molecule has 1 heterocycles. The molecule has 29 heavy (non-hydrogen) atoms. The first-order valence-electron chi connectivity index (χ1n) is 9.39. The summed E-state index contributed by atoms with van der Waals surface area (Å²) in [7, 11) is 0. The van der Waals surface area contributed by atoms with Gasteiger partial charge < -0.3 is 10.2 Å². The van der Waals surface area contributed by atoms with E-state index in [1.165, 1.54) is 23.1 Å². The third kappa shape index (κ3) is 5.72. The Labute approximate surface area is 168 Å². The number of benzene rings is 2. The molecule has 0 aliphatic carbocycles. The summed E-state index contributed by atoms with van der Waals surface area (Å²) in [5, 5.41) is 3.77. The van der Waals surface area contributed by atoms with Gasteiger partial charge in [-0.2, -0.15) is 0 Å². The van der Waals surface area contributed by atoms with Crippen LogP contribution in [0.1, 0.15) is 18.2 Å². The van der Waals surface area contributed by atoms with Gasteiger partial charge >= 0.3 is 0 Å². The predicted octanol–water partition coefficient (Wildman–Crippen LogP) is 3.55. The van der Waals surface area contributed by atoms with Crippen molar-refractivity contribution in [2.24, 2.45) is 0 Å². The van der Waals surface area contributed by atoms with Crippen LogP contribution in [0.3, 0.4) is 0 Å². The SMILES string of the molecule is CCN(CC(=O)NCc1ccc(F)cc1)C(=O)/C=C/c1ccc2ccccc2n1. The number of nitrogens with zero attached hydrogens (tertiary/aromatic N) is 2. The smallest absolute Gasteiger partial charge is 0.247 e. The number of rotatable bonds is 7. The highest BCUT2D eigenvalue weighted by Crippen LogP contribution is 2.12. The monoisotopic (exact) mass is 391 g/mol. The van der Waals surface area contributed by atoms with Crippen molar-refractivity contribution in [2.75, 3.05) is 13.1 Å². The highest BCUT2D eigenvalue weighted by Gasteiger charge is 2.13. The molecule has 3 aromatic rings. The molecule has 2 aromatic carbocycles. The van der Waals surface area contributed by atoms with Crippen LogP contribution in [0.2, 0.25) is 0 Å². The van der Waals surface area contributed by atoms with Crippen LogP contribution >= 0.6 is 0 Å². The predicted molar refractivity (Wildman–Crippen MR) is 111 cm³/mol. The molecule has 0 aliphatic heterocycles. The largest absolute Gasteiger partial charge is 0.350 e. The minimum absolute atomic E-state index is 0.0496. The molecule has 0 saturated heterocycles. The first kappa shape index (κ1) is 20.2. The molecular weight excluding hydrogens is 369 g/mol. The molecule has 148 valence electrons. The topological polar surface area (TPSA) is 62.3 Å². The quantitative estimate of drug-likeness (QED) is 0.627. The van der Waals surface area contributed by atoms with Crippen LogP contribution in [-0.4, -0.2) is 34.8 Å². The molecule has 0 fully saturated rings. The van der Waals surface area contributed by atoms with Gasteiger partial charge in [0.1, 0.15) is 5.82 Å². The van der Waals surface area contributed by atoms with E-state index in [1.807, 2.05) is 43.3 Å². The maximum atomic E-state index is 12.9. The van der Waals surface area contributed by atoms with Gasteiger partial charge in [-0.15, -0.1) is 0 Å². The van der Waals surface area contributed by atoms with Crippen molar-refractivity contribution in [3.63, 3.8) is 0 Å². The summed E-state index contributed by atoms with van der Waals surface area (Å²) in [6.07, 6.45) is 3.07. The fourth-order valence-corrected chi connectivity index (χ4v) is 2.81. The maximum absolute atomic E-state index is 12.9. The van der Waals surface area contributed by atoms with Crippen molar-refractivity contribution in [3.05, 3.63) is 83.8 Å². The van der Waals surface area contributed by atoms with Gasteiger partial charge in [0, 0.05) is 24.6 Å². The lowest BCUT2D eigenvalue weighted by Gasteiger charge is -2.18. The lowest BCUT2D eigenvalue weighted by atomic mass is 10.2. The molecule has 2 amide bonds. The molecule has 0 radical (unpaired) electrons. The average molecular weight is 391 g/mol. The number of hydrogen-bond acceptors (Lipinski definition) is 3. The number of pyridine rings is 1. The Hall–Kier alpha value is -3.54. The van der Waals surface area contributed by atoms with E-state index in [4.69, 9.17) is 0 Å². The van der Waals surface area contributed by atoms with E-state index in [2.05, 4.69) is 10.3 Å². The normalized spacial score (nSPS) is 11.0. The molecule has 3 rings (SSSR count). The minimum atomic E-state index is -0.324. The van der Waals surface area contributed by atoms with Crippen molar-refractivity contribution in [3.8, 4) is 0 Å². The van der Waals surface area contributed by atoms with E-state index in [9.17, 15) is 14.0 Å². The van der Waals surface area contributed by atoms with Gasteiger partial charge in [0.05, 0.1) is 17.8 Å². The first-order chi connectivity index (χ1) is 14.0. The number of halogens is 1. The fraction of sp³-hybridized carbons (Fsp3) is 0.174. The first-order valence-corrected chi connectivity index (χ1v) is 9.39. The van der Waals surface area contributed by atoms with Crippen LogP contribution in [0.25, 0.3) is 17.0 Å². The van der Waals surface area contributed by atoms with Crippen LogP contribution < -0.4 is 5.32 Å². The fourth-order valence-electron chi connectivity index (χ4n) is 2.81. The summed E-state index contributed by atoms with van der Waals surface area (Å²) in [6, 6.07) is 17.5. The van der Waals surface area contributed by atoms with Gasteiger partial charge in [0.15, 0.2) is 0 Å². The van der Waals surface area contributed by atoms with Crippen molar-refractivity contribution < 1.29 is 14.0 Å². The second-order valence-electron chi connectivity index (χ2n) is 6.52. The zero-order chi connectivity index (χ0) is 20.6. The number of hydrogen-bond donors (Lipinski definition) is 1. The minimum Gasteiger partial charge on any atom is -0.350 e. The Morgan fingerprint density at radius 1 is 1.07 bits per heavy atom. The highest BCUT2D eigenvalue weighted by molar-refractivity contribution is 5.94. The van der Waals surface area contributed by atoms with E-state index in [0.29, 0.717) is 12.2 Å². The van der Waals surface area contributed by atoms with Crippen molar-refractivity contribution in [2.45, 2.75) is 13.5 Å². The lowest BCUT2D eigenvalue weighted by Crippen LogP contribution is -2.39. The van der Waals surface area contributed by atoms with Crippen LogP contribution in [0.4, 0.5) is 4.39 Å². The van der Waals surface area contributed by atoms with E-state index >= 15 is 0 Å². The third-order valence-electron chi connectivity index (χ3n) is 4.45. The molecule has 5 nitrogen and oxygen atoms in total. The second kappa shape index (κ2) is 9.59. The van der Waals surface area contributed by atoms with Crippen LogP contribution in [0.15, 0.2) is 66.7 Å². The van der Waals surface area contributed by atoms with Crippen molar-refractivity contribution in [1.29, 1.82) is 0 Å². The van der Waals surface area contributed by atoms with Gasteiger partial charge in [-0.25, -0.2) is 9.37 Å². The highest BCUT2D eigenvalue weighted by atomic mass is 19.1. The van der Waals surface area contributed by atoms with Gasteiger partial charge in [-0.3, -0.25) is 9.59 Å². The molecule has 0 unspecified atom stereocenters. The van der Waals surface area contributed by atoms with Gasteiger partial charge in [-0.1, -0.05) is 36.4 Å². The molecule has 0 aliphatic rings. The molecular formula is C23H22FN3O2. The van der Waals surface area contributed by atoms with Gasteiger partial charge in [0.25, 0.3) is 0 Å². The number of para-hydroxylation sites is 1. The van der Waals surface area contributed by atoms with Crippen molar-refractivity contribution in [1.82, 2.24) is 15.2 Å². The summed E-state index contributed by atoms with van der Waals surface area (Å²) in [5.74, 6) is -0.864. The Kier molecular flexibility index (Phi) is 6.68. The molecule has 0 bridgehead atoms. The molecule has 6 heteroatoms. The summed E-state index contributed by atoms with van der Waals surface area (Å²) >= 11 is 0. The van der Waals surface area contributed by atoms with Gasteiger partial charge in [-0.05, 0) is 42.8 Å². The molecule has 0 atom stereocenters. The molecule has 0 saturated carbocycles. The number of carbonyl (C=O) groups excluding carboxylic acids is 2. The summed E-state index contributed by atoms with van der Waals surface area (Å²) in [4.78, 5) is 30.6. The van der Waals surface area contributed by atoms with E-state index in [1.54, 1.807) is 18.2 Å². The Morgan fingerprint density at radius 2 is 1.83 bits per heavy atom. The number of amides is 2. The maximum Gasteiger partial charge on any atom is 0.247 e. The van der Waals surface area contributed by atoms with E-state index in [0.717, 1.165) is 16.5 Å². The van der Waals surface area contributed by atoms with Crippen molar-refractivity contribution >= 4 is 28.8 Å².